The minimum Gasteiger partial charge on any atom is -0.152 e. The first kappa shape index (κ1) is 13.8. The monoisotopic (exact) mass is 254 g/mol. The van der Waals surface area contributed by atoms with Crippen molar-refractivity contribution in [1.29, 1.82) is 0 Å². The van der Waals surface area contributed by atoms with Gasteiger partial charge >= 0.3 is 0 Å². The molecule has 0 saturated heterocycles. The average Bonchev–Trinajstić information content (AvgIpc) is 2.49. The molecular weight excluding hydrogens is 224 g/mol. The van der Waals surface area contributed by atoms with Gasteiger partial charge in [-0.3, -0.25) is 0 Å². The molecule has 0 radical (unpaired) electrons. The molecular formula is C16H30S. The van der Waals surface area contributed by atoms with Crippen LogP contribution in [0.15, 0.2) is 0 Å². The van der Waals surface area contributed by atoms with Gasteiger partial charge in [-0.1, -0.05) is 33.6 Å². The molecule has 2 saturated carbocycles. The molecule has 0 N–H and O–H groups in total. The first-order chi connectivity index (χ1) is 8.07. The summed E-state index contributed by atoms with van der Waals surface area (Å²) >= 11 is 2.36. The van der Waals surface area contributed by atoms with E-state index in [-0.39, 0.29) is 0 Å². The van der Waals surface area contributed by atoms with Gasteiger partial charge in [-0.25, -0.2) is 0 Å². The van der Waals surface area contributed by atoms with Crippen LogP contribution in [0.3, 0.4) is 0 Å². The second-order valence-corrected chi connectivity index (χ2v) is 8.87. The van der Waals surface area contributed by atoms with Gasteiger partial charge in [-0.2, -0.15) is 11.8 Å². The van der Waals surface area contributed by atoms with Crippen LogP contribution >= 0.6 is 11.8 Å². The van der Waals surface area contributed by atoms with Crippen molar-refractivity contribution in [3.05, 3.63) is 0 Å². The second kappa shape index (κ2) is 5.99. The maximum absolute atomic E-state index is 2.54. The van der Waals surface area contributed by atoms with Crippen LogP contribution in [0.25, 0.3) is 0 Å². The summed E-state index contributed by atoms with van der Waals surface area (Å²) in [5.74, 6) is 1.97. The molecule has 2 rings (SSSR count). The molecule has 0 nitrogen and oxygen atoms in total. The van der Waals surface area contributed by atoms with Crippen LogP contribution in [0.4, 0.5) is 0 Å². The fourth-order valence-electron chi connectivity index (χ4n) is 3.46. The van der Waals surface area contributed by atoms with E-state index in [2.05, 4.69) is 32.5 Å². The molecule has 2 unspecified atom stereocenters. The van der Waals surface area contributed by atoms with E-state index in [1.807, 2.05) is 0 Å². The van der Waals surface area contributed by atoms with Crippen molar-refractivity contribution in [3.8, 4) is 0 Å². The summed E-state index contributed by atoms with van der Waals surface area (Å²) in [6.07, 6.45) is 13.3. The number of hydrogen-bond acceptors (Lipinski definition) is 1. The molecule has 2 aliphatic rings. The Morgan fingerprint density at radius 1 is 0.824 bits per heavy atom. The summed E-state index contributed by atoms with van der Waals surface area (Å²) in [5.41, 5.74) is 0. The van der Waals surface area contributed by atoms with E-state index < -0.39 is 0 Å². The molecule has 0 spiro atoms. The van der Waals surface area contributed by atoms with Crippen LogP contribution in [0.5, 0.6) is 0 Å². The third kappa shape index (κ3) is 4.19. The standard InChI is InChI=1S/C16H30S/c1-13-5-4-6-15(8-7-13)17-16(3)11-9-14(2)10-12-16/h13-15H,4-12H2,1-3H3. The fourth-order valence-corrected chi connectivity index (χ4v) is 5.28. The predicted octanol–water partition coefficient (Wildman–Crippen LogP) is 5.66. The van der Waals surface area contributed by atoms with Gasteiger partial charge in [-0.15, -0.1) is 0 Å². The lowest BCUT2D eigenvalue weighted by atomic mass is 9.83. The lowest BCUT2D eigenvalue weighted by Crippen LogP contribution is -2.29. The Morgan fingerprint density at radius 2 is 1.47 bits per heavy atom. The van der Waals surface area contributed by atoms with E-state index in [1.165, 1.54) is 57.8 Å². The van der Waals surface area contributed by atoms with E-state index >= 15 is 0 Å². The molecule has 0 aromatic heterocycles. The van der Waals surface area contributed by atoms with Gasteiger partial charge in [0, 0.05) is 10.00 Å². The smallest absolute Gasteiger partial charge is 0.0134 e. The maximum atomic E-state index is 2.54. The predicted molar refractivity (Wildman–Crippen MR) is 79.7 cm³/mol. The number of thioether (sulfide) groups is 1. The second-order valence-electron chi connectivity index (χ2n) is 6.99. The van der Waals surface area contributed by atoms with Crippen LogP contribution in [0, 0.1) is 11.8 Å². The lowest BCUT2D eigenvalue weighted by Gasteiger charge is -2.38. The van der Waals surface area contributed by atoms with Crippen molar-refractivity contribution < 1.29 is 0 Å². The molecule has 0 heterocycles. The molecule has 17 heavy (non-hydrogen) atoms. The van der Waals surface area contributed by atoms with Crippen molar-refractivity contribution in [2.45, 2.75) is 88.6 Å². The van der Waals surface area contributed by atoms with Crippen LogP contribution < -0.4 is 0 Å². The van der Waals surface area contributed by atoms with E-state index in [4.69, 9.17) is 0 Å². The van der Waals surface area contributed by atoms with Crippen LogP contribution in [0.1, 0.15) is 78.6 Å². The zero-order chi connectivity index (χ0) is 12.3. The Kier molecular flexibility index (Phi) is 4.86. The Morgan fingerprint density at radius 3 is 2.18 bits per heavy atom. The van der Waals surface area contributed by atoms with Crippen LogP contribution in [-0.2, 0) is 0 Å². The quantitative estimate of drug-likeness (QED) is 0.573. The van der Waals surface area contributed by atoms with Gasteiger partial charge in [0.25, 0.3) is 0 Å². The first-order valence-corrected chi connectivity index (χ1v) is 8.63. The van der Waals surface area contributed by atoms with Crippen molar-refractivity contribution in [2.24, 2.45) is 11.8 Å². The van der Waals surface area contributed by atoms with Crippen molar-refractivity contribution in [2.75, 3.05) is 0 Å². The van der Waals surface area contributed by atoms with Crippen LogP contribution in [-0.4, -0.2) is 10.00 Å². The van der Waals surface area contributed by atoms with E-state index in [0.29, 0.717) is 4.75 Å². The third-order valence-corrected chi connectivity index (χ3v) is 6.77. The zero-order valence-corrected chi connectivity index (χ0v) is 12.8. The Bertz CT molecular complexity index is 228. The first-order valence-electron chi connectivity index (χ1n) is 7.75. The van der Waals surface area contributed by atoms with Gasteiger partial charge in [0.05, 0.1) is 0 Å². The Labute approximate surface area is 112 Å². The number of hydrogen-bond donors (Lipinski definition) is 0. The molecule has 0 amide bonds. The lowest BCUT2D eigenvalue weighted by molar-refractivity contribution is 0.333. The van der Waals surface area contributed by atoms with Crippen LogP contribution in [0.2, 0.25) is 0 Å². The molecule has 2 fully saturated rings. The SMILES string of the molecule is CC1CCCC(SC2(C)CCC(C)CC2)CC1. The number of rotatable bonds is 2. The fraction of sp³-hybridized carbons (Fsp3) is 1.00. The third-order valence-electron chi connectivity index (χ3n) is 4.99. The summed E-state index contributed by atoms with van der Waals surface area (Å²) < 4.78 is 0.616. The summed E-state index contributed by atoms with van der Waals surface area (Å²) in [6.45, 7) is 7.41. The molecule has 0 aliphatic heterocycles. The molecule has 2 aliphatic carbocycles. The average molecular weight is 254 g/mol. The van der Waals surface area contributed by atoms with Gasteiger partial charge < -0.3 is 0 Å². The minimum atomic E-state index is 0.616. The highest BCUT2D eigenvalue weighted by Gasteiger charge is 2.33. The highest BCUT2D eigenvalue weighted by molar-refractivity contribution is 8.01. The molecule has 0 bridgehead atoms. The van der Waals surface area contributed by atoms with Gasteiger partial charge in [0.2, 0.25) is 0 Å². The normalized spacial score (nSPS) is 44.3. The molecule has 1 heteroatoms. The van der Waals surface area contributed by atoms with Gasteiger partial charge in [-0.05, 0) is 56.8 Å². The highest BCUT2D eigenvalue weighted by atomic mass is 32.2. The van der Waals surface area contributed by atoms with E-state index in [9.17, 15) is 0 Å². The van der Waals surface area contributed by atoms with E-state index in [0.717, 1.165) is 17.1 Å². The minimum absolute atomic E-state index is 0.616. The summed E-state index contributed by atoms with van der Waals surface area (Å²) in [4.78, 5) is 0. The summed E-state index contributed by atoms with van der Waals surface area (Å²) in [5, 5.41) is 0.971. The maximum Gasteiger partial charge on any atom is 0.0134 e. The Balaban J connectivity index is 1.82. The topological polar surface area (TPSA) is 0 Å². The molecule has 100 valence electrons. The molecule has 0 aromatic rings. The van der Waals surface area contributed by atoms with Crippen molar-refractivity contribution in [1.82, 2.24) is 0 Å². The molecule has 2 atom stereocenters. The highest BCUT2D eigenvalue weighted by Crippen LogP contribution is 2.46. The van der Waals surface area contributed by atoms with Crippen molar-refractivity contribution in [3.63, 3.8) is 0 Å². The summed E-state index contributed by atoms with van der Waals surface area (Å²) in [7, 11) is 0. The molecule has 0 aromatic carbocycles. The van der Waals surface area contributed by atoms with Crippen molar-refractivity contribution >= 4 is 11.8 Å². The van der Waals surface area contributed by atoms with E-state index in [1.54, 1.807) is 0 Å². The summed E-state index contributed by atoms with van der Waals surface area (Å²) in [6, 6.07) is 0. The Hall–Kier alpha value is 0.350. The zero-order valence-electron chi connectivity index (χ0n) is 12.0. The van der Waals surface area contributed by atoms with Gasteiger partial charge in [0.15, 0.2) is 0 Å². The van der Waals surface area contributed by atoms with Gasteiger partial charge in [0.1, 0.15) is 0 Å². The largest absolute Gasteiger partial charge is 0.152 e.